The maximum Gasteiger partial charge on any atom is 0.336 e. The molecule has 0 spiro atoms. The average molecular weight is 440 g/mol. The summed E-state index contributed by atoms with van der Waals surface area (Å²) in [6, 6.07) is 17.6. The number of para-hydroxylation sites is 1. The highest BCUT2D eigenvalue weighted by atomic mass is 79.9. The van der Waals surface area contributed by atoms with Crippen LogP contribution in [0.5, 0.6) is 6.01 Å². The molecule has 0 saturated heterocycles. The van der Waals surface area contributed by atoms with Gasteiger partial charge in [0.1, 0.15) is 17.4 Å². The van der Waals surface area contributed by atoms with E-state index in [1.807, 2.05) is 68.6 Å². The molecule has 0 aliphatic heterocycles. The van der Waals surface area contributed by atoms with Gasteiger partial charge >= 0.3 is 6.01 Å². The third-order valence-corrected chi connectivity index (χ3v) is 5.23. The zero-order valence-electron chi connectivity index (χ0n) is 15.4. The molecule has 0 aliphatic rings. The zero-order chi connectivity index (χ0) is 19.7. The number of rotatable bonds is 5. The van der Waals surface area contributed by atoms with E-state index >= 15 is 0 Å². The number of nitrogens with zero attached hydrogens (tertiary/aromatic N) is 5. The molecule has 0 radical (unpaired) electrons. The van der Waals surface area contributed by atoms with Gasteiger partial charge in [0, 0.05) is 7.05 Å². The minimum atomic E-state index is -0.148. The lowest BCUT2D eigenvalue weighted by molar-refractivity contribution is 0.269. The molecule has 0 bridgehead atoms. The van der Waals surface area contributed by atoms with Gasteiger partial charge in [0.05, 0.1) is 17.1 Å². The van der Waals surface area contributed by atoms with Gasteiger partial charge in [0.2, 0.25) is 0 Å². The number of halogens is 1. The third kappa shape index (κ3) is 3.38. The maximum absolute atomic E-state index is 12.6. The Morgan fingerprint density at radius 1 is 1.04 bits per heavy atom. The van der Waals surface area contributed by atoms with Crippen LogP contribution in [0.15, 0.2) is 70.2 Å². The minimum absolute atomic E-state index is 0.148. The Balaban J connectivity index is 1.56. The number of benzene rings is 2. The summed E-state index contributed by atoms with van der Waals surface area (Å²) in [7, 11) is 1.82. The molecular weight excluding hydrogens is 422 g/mol. The van der Waals surface area contributed by atoms with Crippen LogP contribution in [0.4, 0.5) is 0 Å². The molecule has 4 aromatic rings. The molecule has 0 amide bonds. The second kappa shape index (κ2) is 7.47. The van der Waals surface area contributed by atoms with E-state index in [-0.39, 0.29) is 18.2 Å². The summed E-state index contributed by atoms with van der Waals surface area (Å²) < 4.78 is 11.2. The third-order valence-electron chi connectivity index (χ3n) is 4.43. The lowest BCUT2D eigenvalue weighted by Crippen LogP contribution is -2.19. The number of ether oxygens (including phenoxy) is 1. The lowest BCUT2D eigenvalue weighted by Gasteiger charge is -2.09. The maximum atomic E-state index is 12.6. The van der Waals surface area contributed by atoms with Crippen LogP contribution in [0.25, 0.3) is 11.4 Å². The van der Waals surface area contributed by atoms with Gasteiger partial charge in [-0.2, -0.15) is 4.98 Å². The van der Waals surface area contributed by atoms with Crippen molar-refractivity contribution in [3.63, 3.8) is 0 Å². The van der Waals surface area contributed by atoms with E-state index in [9.17, 15) is 4.79 Å². The Morgan fingerprint density at radius 2 is 1.75 bits per heavy atom. The van der Waals surface area contributed by atoms with E-state index in [2.05, 4.69) is 26.0 Å². The molecule has 0 saturated carbocycles. The molecule has 0 aliphatic carbocycles. The molecule has 142 valence electrons. The van der Waals surface area contributed by atoms with E-state index < -0.39 is 0 Å². The molecule has 0 atom stereocenters. The number of hydrogen-bond acceptors (Lipinski definition) is 4. The summed E-state index contributed by atoms with van der Waals surface area (Å²) in [5.41, 5.74) is 3.40. The van der Waals surface area contributed by atoms with Crippen LogP contribution in [-0.4, -0.2) is 24.1 Å². The van der Waals surface area contributed by atoms with Gasteiger partial charge in [-0.05, 0) is 47.1 Å². The summed E-state index contributed by atoms with van der Waals surface area (Å²) in [4.78, 5) is 16.8. The van der Waals surface area contributed by atoms with Crippen LogP contribution >= 0.6 is 15.9 Å². The summed E-state index contributed by atoms with van der Waals surface area (Å²) in [5, 5.41) is 4.35. The molecule has 2 aromatic carbocycles. The van der Waals surface area contributed by atoms with Crippen molar-refractivity contribution in [2.75, 3.05) is 0 Å². The van der Waals surface area contributed by atoms with Crippen molar-refractivity contribution in [1.29, 1.82) is 0 Å². The highest BCUT2D eigenvalue weighted by molar-refractivity contribution is 9.10. The van der Waals surface area contributed by atoms with Crippen LogP contribution in [0.2, 0.25) is 0 Å². The van der Waals surface area contributed by atoms with Gasteiger partial charge in [0.25, 0.3) is 5.56 Å². The Kier molecular flexibility index (Phi) is 4.87. The van der Waals surface area contributed by atoms with Crippen LogP contribution < -0.4 is 10.3 Å². The highest BCUT2D eigenvalue weighted by Crippen LogP contribution is 2.18. The fourth-order valence-corrected chi connectivity index (χ4v) is 3.44. The summed E-state index contributed by atoms with van der Waals surface area (Å²) in [5.74, 6) is 0. The first-order valence-electron chi connectivity index (χ1n) is 8.68. The Hall–Kier alpha value is -3.13. The Bertz CT molecular complexity index is 1160. The second-order valence-corrected chi connectivity index (χ2v) is 7.13. The minimum Gasteiger partial charge on any atom is -0.456 e. The predicted molar refractivity (Wildman–Crippen MR) is 109 cm³/mol. The average Bonchev–Trinajstić information content (AvgIpc) is 3.25. The molecule has 8 heteroatoms. The SMILES string of the molecule is Cc1ccc(-n2cnc(OCc3c(Br)c(=O)n(-c4ccccc4)n3C)n2)cc1. The van der Waals surface area contributed by atoms with Crippen molar-refractivity contribution < 1.29 is 4.74 Å². The number of aryl methyl sites for hydroxylation is 1. The molecule has 0 fully saturated rings. The van der Waals surface area contributed by atoms with Crippen molar-refractivity contribution in [1.82, 2.24) is 24.1 Å². The van der Waals surface area contributed by atoms with Gasteiger partial charge in [-0.25, -0.2) is 9.36 Å². The summed E-state index contributed by atoms with van der Waals surface area (Å²) in [6.07, 6.45) is 1.60. The van der Waals surface area contributed by atoms with Crippen LogP contribution in [0, 0.1) is 6.92 Å². The van der Waals surface area contributed by atoms with Crippen LogP contribution in [0.1, 0.15) is 11.3 Å². The van der Waals surface area contributed by atoms with Crippen molar-refractivity contribution >= 4 is 15.9 Å². The first-order valence-corrected chi connectivity index (χ1v) is 9.47. The van der Waals surface area contributed by atoms with Gasteiger partial charge in [-0.3, -0.25) is 9.48 Å². The first kappa shape index (κ1) is 18.2. The standard InChI is InChI=1S/C20H18BrN5O2/c1-14-8-10-15(11-9-14)25-13-22-20(23-25)28-12-17-18(21)19(27)26(24(17)2)16-6-4-3-5-7-16/h3-11,13H,12H2,1-2H3. The van der Waals surface area contributed by atoms with Crippen molar-refractivity contribution in [3.8, 4) is 17.4 Å². The molecular formula is C20H18BrN5O2. The number of hydrogen-bond donors (Lipinski definition) is 0. The molecule has 7 nitrogen and oxygen atoms in total. The molecule has 2 aromatic heterocycles. The van der Waals surface area contributed by atoms with Gasteiger partial charge in [0.15, 0.2) is 0 Å². The van der Waals surface area contributed by atoms with Crippen LogP contribution in [0.3, 0.4) is 0 Å². The molecule has 28 heavy (non-hydrogen) atoms. The van der Waals surface area contributed by atoms with E-state index in [0.29, 0.717) is 10.2 Å². The quantitative estimate of drug-likeness (QED) is 0.477. The topological polar surface area (TPSA) is 66.9 Å². The normalized spacial score (nSPS) is 11.0. The second-order valence-electron chi connectivity index (χ2n) is 6.33. The van der Waals surface area contributed by atoms with Gasteiger partial charge in [-0.1, -0.05) is 35.9 Å². The van der Waals surface area contributed by atoms with Crippen LogP contribution in [-0.2, 0) is 13.7 Å². The largest absolute Gasteiger partial charge is 0.456 e. The first-order chi connectivity index (χ1) is 13.5. The van der Waals surface area contributed by atoms with Gasteiger partial charge in [-0.15, -0.1) is 5.10 Å². The molecule has 0 unspecified atom stereocenters. The molecule has 2 heterocycles. The van der Waals surface area contributed by atoms with E-state index in [4.69, 9.17) is 4.74 Å². The van der Waals surface area contributed by atoms with E-state index in [1.54, 1.807) is 20.4 Å². The van der Waals surface area contributed by atoms with Crippen molar-refractivity contribution in [2.24, 2.45) is 7.05 Å². The Labute approximate surface area is 169 Å². The Morgan fingerprint density at radius 3 is 2.46 bits per heavy atom. The monoisotopic (exact) mass is 439 g/mol. The number of aromatic nitrogens is 5. The summed E-state index contributed by atoms with van der Waals surface area (Å²) >= 11 is 3.39. The van der Waals surface area contributed by atoms with Crippen molar-refractivity contribution in [3.05, 3.63) is 87.0 Å². The van der Waals surface area contributed by atoms with E-state index in [1.165, 1.54) is 5.56 Å². The smallest absolute Gasteiger partial charge is 0.336 e. The lowest BCUT2D eigenvalue weighted by atomic mass is 10.2. The fourth-order valence-electron chi connectivity index (χ4n) is 2.90. The summed E-state index contributed by atoms with van der Waals surface area (Å²) in [6.45, 7) is 2.19. The predicted octanol–water partition coefficient (Wildman–Crippen LogP) is 3.41. The molecule has 0 N–H and O–H groups in total. The zero-order valence-corrected chi connectivity index (χ0v) is 17.0. The highest BCUT2D eigenvalue weighted by Gasteiger charge is 2.18. The van der Waals surface area contributed by atoms with Gasteiger partial charge < -0.3 is 4.74 Å². The fraction of sp³-hybridized carbons (Fsp3) is 0.150. The van der Waals surface area contributed by atoms with E-state index in [0.717, 1.165) is 11.4 Å². The van der Waals surface area contributed by atoms with Crippen molar-refractivity contribution in [2.45, 2.75) is 13.5 Å². The molecule has 4 rings (SSSR count).